The van der Waals surface area contributed by atoms with Crippen molar-refractivity contribution in [3.05, 3.63) is 33.6 Å². The number of carbonyl (C=O) groups excluding carboxylic acids is 1. The number of aromatic nitrogens is 2. The van der Waals surface area contributed by atoms with Gasteiger partial charge in [-0.3, -0.25) is 4.79 Å². The van der Waals surface area contributed by atoms with Crippen molar-refractivity contribution in [3.63, 3.8) is 0 Å². The van der Waals surface area contributed by atoms with Crippen molar-refractivity contribution in [2.24, 2.45) is 0 Å². The van der Waals surface area contributed by atoms with E-state index in [1.165, 1.54) is 0 Å². The number of thioether (sulfide) groups is 1. The molecule has 1 aromatic heterocycles. The molecule has 104 valence electrons. The molecule has 1 atom stereocenters. The number of hydrogen-bond acceptors (Lipinski definition) is 5. The average molecular weight is 353 g/mol. The Balaban J connectivity index is 1.96. The lowest BCUT2D eigenvalue weighted by Crippen LogP contribution is -2.09. The molecule has 2 heterocycles. The van der Waals surface area contributed by atoms with Crippen LogP contribution in [-0.4, -0.2) is 27.4 Å². The minimum Gasteiger partial charge on any atom is -0.338 e. The first-order chi connectivity index (χ1) is 9.56. The molecule has 1 aliphatic rings. The number of ketones is 1. The Hall–Kier alpha value is -1.14. The van der Waals surface area contributed by atoms with Crippen molar-refractivity contribution in [2.45, 2.75) is 19.8 Å². The molecule has 1 fully saturated rings. The summed E-state index contributed by atoms with van der Waals surface area (Å²) in [5.41, 5.74) is 3.16. The molecule has 0 bridgehead atoms. The van der Waals surface area contributed by atoms with Crippen LogP contribution in [0.4, 0.5) is 0 Å². The predicted octanol–water partition coefficient (Wildman–Crippen LogP) is 3.52. The zero-order chi connectivity index (χ0) is 14.3. The predicted molar refractivity (Wildman–Crippen MR) is 82.0 cm³/mol. The Bertz CT molecular complexity index is 661. The van der Waals surface area contributed by atoms with Gasteiger partial charge in [-0.25, -0.2) is 0 Å². The van der Waals surface area contributed by atoms with E-state index in [2.05, 4.69) is 26.1 Å². The van der Waals surface area contributed by atoms with Crippen LogP contribution in [0.5, 0.6) is 0 Å². The molecule has 20 heavy (non-hydrogen) atoms. The third-order valence-electron chi connectivity index (χ3n) is 3.35. The van der Waals surface area contributed by atoms with Crippen LogP contribution >= 0.6 is 27.7 Å². The summed E-state index contributed by atoms with van der Waals surface area (Å²) in [6, 6.07) is 4.02. The fourth-order valence-corrected chi connectivity index (χ4v) is 3.56. The Morgan fingerprint density at radius 3 is 2.65 bits per heavy atom. The van der Waals surface area contributed by atoms with Crippen LogP contribution in [0.3, 0.4) is 0 Å². The van der Waals surface area contributed by atoms with E-state index >= 15 is 0 Å². The summed E-state index contributed by atoms with van der Waals surface area (Å²) in [5, 5.41) is 4.01. The van der Waals surface area contributed by atoms with Crippen LogP contribution in [0.1, 0.15) is 22.9 Å². The molecule has 1 unspecified atom stereocenters. The van der Waals surface area contributed by atoms with Gasteiger partial charge in [-0.2, -0.15) is 16.7 Å². The second-order valence-electron chi connectivity index (χ2n) is 4.91. The van der Waals surface area contributed by atoms with Gasteiger partial charge in [0.05, 0.1) is 5.75 Å². The second kappa shape index (κ2) is 5.33. The van der Waals surface area contributed by atoms with Gasteiger partial charge in [-0.1, -0.05) is 21.1 Å². The quantitative estimate of drug-likeness (QED) is 0.827. The molecule has 0 radical (unpaired) electrons. The van der Waals surface area contributed by atoms with E-state index in [4.69, 9.17) is 4.52 Å². The summed E-state index contributed by atoms with van der Waals surface area (Å²) < 4.78 is 6.37. The lowest BCUT2D eigenvalue weighted by molar-refractivity contribution is -0.117. The molecule has 1 aromatic carbocycles. The van der Waals surface area contributed by atoms with Crippen LogP contribution in [-0.2, 0) is 4.79 Å². The summed E-state index contributed by atoms with van der Waals surface area (Å²) in [6.07, 6.45) is 0. The number of halogens is 1. The molecule has 0 saturated carbocycles. The highest BCUT2D eigenvalue weighted by molar-refractivity contribution is 9.10. The third kappa shape index (κ3) is 2.42. The van der Waals surface area contributed by atoms with E-state index in [0.29, 0.717) is 17.5 Å². The highest BCUT2D eigenvalue weighted by atomic mass is 79.9. The minimum absolute atomic E-state index is 0.174. The number of hydrogen-bond donors (Lipinski definition) is 0. The molecule has 1 aliphatic heterocycles. The summed E-state index contributed by atoms with van der Waals surface area (Å²) in [4.78, 5) is 16.1. The van der Waals surface area contributed by atoms with Crippen LogP contribution in [0.2, 0.25) is 0 Å². The number of carbonyl (C=O) groups is 1. The largest absolute Gasteiger partial charge is 0.338 e. The molecule has 0 spiro atoms. The summed E-state index contributed by atoms with van der Waals surface area (Å²) in [7, 11) is 0. The van der Waals surface area contributed by atoms with Crippen molar-refractivity contribution >= 4 is 33.5 Å². The lowest BCUT2D eigenvalue weighted by Gasteiger charge is -2.04. The average Bonchev–Trinajstić information content (AvgIpc) is 3.03. The molecule has 0 N–H and O–H groups in total. The number of Topliss-reactive ketones (excluding diaryl/α,β-unsaturated/α-hetero) is 1. The molecule has 3 rings (SSSR count). The number of aryl methyl sites for hydroxylation is 2. The van der Waals surface area contributed by atoms with Gasteiger partial charge in [0.1, 0.15) is 5.92 Å². The van der Waals surface area contributed by atoms with Gasteiger partial charge in [0.2, 0.25) is 11.7 Å². The molecular weight excluding hydrogens is 340 g/mol. The van der Waals surface area contributed by atoms with Crippen molar-refractivity contribution < 1.29 is 9.32 Å². The summed E-state index contributed by atoms with van der Waals surface area (Å²) in [5.74, 6) is 2.20. The zero-order valence-electron chi connectivity index (χ0n) is 11.1. The highest BCUT2D eigenvalue weighted by Gasteiger charge is 2.31. The first-order valence-corrected chi connectivity index (χ1v) is 8.22. The van der Waals surface area contributed by atoms with Gasteiger partial charge in [-0.15, -0.1) is 0 Å². The van der Waals surface area contributed by atoms with Crippen LogP contribution in [0.15, 0.2) is 21.1 Å². The van der Waals surface area contributed by atoms with Crippen LogP contribution in [0.25, 0.3) is 11.4 Å². The van der Waals surface area contributed by atoms with Crippen molar-refractivity contribution in [2.75, 3.05) is 11.5 Å². The number of benzene rings is 1. The van der Waals surface area contributed by atoms with Gasteiger partial charge in [0.25, 0.3) is 0 Å². The van der Waals surface area contributed by atoms with Gasteiger partial charge < -0.3 is 4.52 Å². The molecular formula is C14H13BrN2O2S. The Morgan fingerprint density at radius 1 is 1.35 bits per heavy atom. The first kappa shape index (κ1) is 13.8. The maximum atomic E-state index is 11.7. The maximum absolute atomic E-state index is 11.7. The van der Waals surface area contributed by atoms with E-state index in [1.807, 2.05) is 26.0 Å². The second-order valence-corrected chi connectivity index (χ2v) is 6.74. The van der Waals surface area contributed by atoms with Crippen molar-refractivity contribution in [1.82, 2.24) is 10.1 Å². The monoisotopic (exact) mass is 352 g/mol. The summed E-state index contributed by atoms with van der Waals surface area (Å²) >= 11 is 5.15. The highest BCUT2D eigenvalue weighted by Crippen LogP contribution is 2.31. The normalized spacial score (nSPS) is 18.8. The molecule has 2 aromatic rings. The fourth-order valence-electron chi connectivity index (χ4n) is 2.25. The SMILES string of the molecule is Cc1cc(-c2noc(C3CSCC3=O)n2)cc(C)c1Br. The standard InChI is InChI=1S/C14H13BrN2O2S/c1-7-3-9(4-8(2)12(7)15)13-16-14(19-17-13)10-5-20-6-11(10)18/h3-4,10H,5-6H2,1-2H3. The third-order valence-corrected chi connectivity index (χ3v) is 5.66. The van der Waals surface area contributed by atoms with E-state index in [1.54, 1.807) is 11.8 Å². The van der Waals surface area contributed by atoms with Crippen molar-refractivity contribution in [3.8, 4) is 11.4 Å². The molecule has 1 saturated heterocycles. The van der Waals surface area contributed by atoms with Gasteiger partial charge in [-0.05, 0) is 37.1 Å². The van der Waals surface area contributed by atoms with E-state index in [-0.39, 0.29) is 11.7 Å². The molecule has 6 heteroatoms. The van der Waals surface area contributed by atoms with Gasteiger partial charge in [0.15, 0.2) is 5.78 Å². The Labute approximate surface area is 129 Å². The number of rotatable bonds is 2. The zero-order valence-corrected chi connectivity index (χ0v) is 13.5. The topological polar surface area (TPSA) is 56.0 Å². The van der Waals surface area contributed by atoms with E-state index in [0.717, 1.165) is 26.9 Å². The summed E-state index contributed by atoms with van der Waals surface area (Å²) in [6.45, 7) is 4.05. The maximum Gasteiger partial charge on any atom is 0.238 e. The Kier molecular flexibility index (Phi) is 3.69. The molecule has 4 nitrogen and oxygen atoms in total. The van der Waals surface area contributed by atoms with Crippen LogP contribution < -0.4 is 0 Å². The molecule has 0 aliphatic carbocycles. The van der Waals surface area contributed by atoms with Gasteiger partial charge >= 0.3 is 0 Å². The number of nitrogens with zero attached hydrogens (tertiary/aromatic N) is 2. The lowest BCUT2D eigenvalue weighted by atomic mass is 10.1. The molecule has 0 amide bonds. The first-order valence-electron chi connectivity index (χ1n) is 6.27. The fraction of sp³-hybridized carbons (Fsp3) is 0.357. The van der Waals surface area contributed by atoms with E-state index in [9.17, 15) is 4.79 Å². The van der Waals surface area contributed by atoms with E-state index < -0.39 is 0 Å². The smallest absolute Gasteiger partial charge is 0.238 e. The minimum atomic E-state index is -0.237. The Morgan fingerprint density at radius 2 is 2.05 bits per heavy atom. The van der Waals surface area contributed by atoms with Gasteiger partial charge in [0, 0.05) is 15.8 Å². The van der Waals surface area contributed by atoms with Crippen molar-refractivity contribution in [1.29, 1.82) is 0 Å². The van der Waals surface area contributed by atoms with Crippen LogP contribution in [0, 0.1) is 13.8 Å².